The van der Waals surface area contributed by atoms with Gasteiger partial charge >= 0.3 is 0 Å². The van der Waals surface area contributed by atoms with Gasteiger partial charge in [0.15, 0.2) is 0 Å². The summed E-state index contributed by atoms with van der Waals surface area (Å²) in [7, 11) is 0. The Kier molecular flexibility index (Phi) is 8.27. The topological polar surface area (TPSA) is 0 Å². The maximum atomic E-state index is 14.8. The largest absolute Gasteiger partial charge is 0.207 e. The maximum absolute atomic E-state index is 14.8. The summed E-state index contributed by atoms with van der Waals surface area (Å²) in [4.78, 5) is 0. The average molecular weight is 459 g/mol. The van der Waals surface area contributed by atoms with E-state index in [1.165, 1.54) is 51.4 Å². The second-order valence-corrected chi connectivity index (χ2v) is 10.9. The quantitative estimate of drug-likeness (QED) is 0.387. The van der Waals surface area contributed by atoms with E-state index in [0.717, 1.165) is 41.7 Å². The Labute approximate surface area is 197 Å². The first kappa shape index (κ1) is 23.7. The maximum Gasteiger partial charge on any atom is 0.129 e. The highest BCUT2D eigenvalue weighted by atomic mass is 35.5. The molecular formula is C29H37ClF2. The lowest BCUT2D eigenvalue weighted by atomic mass is 9.74. The van der Waals surface area contributed by atoms with Crippen LogP contribution in [0.15, 0.2) is 36.4 Å². The SMILES string of the molecule is CC1CCC(CCC2CCC(c3cc(F)c(CCc4ccc(Cl)cc4)c(F)c3)CC2)CC1. The zero-order valence-corrected chi connectivity index (χ0v) is 20.1. The van der Waals surface area contributed by atoms with E-state index < -0.39 is 0 Å². The Morgan fingerprint density at radius 2 is 1.28 bits per heavy atom. The summed E-state index contributed by atoms with van der Waals surface area (Å²) in [5.74, 6) is 2.19. The predicted octanol–water partition coefficient (Wildman–Crippen LogP) is 9.28. The molecule has 4 rings (SSSR count). The van der Waals surface area contributed by atoms with Crippen LogP contribution < -0.4 is 0 Å². The summed E-state index contributed by atoms with van der Waals surface area (Å²) in [6, 6.07) is 10.7. The molecule has 174 valence electrons. The van der Waals surface area contributed by atoms with E-state index in [1.54, 1.807) is 12.1 Å². The third-order valence-corrected chi connectivity index (χ3v) is 8.43. The van der Waals surface area contributed by atoms with Crippen LogP contribution in [0.3, 0.4) is 0 Å². The fourth-order valence-electron chi connectivity index (χ4n) is 5.89. The van der Waals surface area contributed by atoms with Crippen molar-refractivity contribution in [1.82, 2.24) is 0 Å². The molecule has 2 fully saturated rings. The van der Waals surface area contributed by atoms with Crippen LogP contribution in [0.1, 0.15) is 93.7 Å². The summed E-state index contributed by atoms with van der Waals surface area (Å²) in [6.07, 6.45) is 13.9. The molecule has 0 bridgehead atoms. The minimum atomic E-state index is -0.386. The van der Waals surface area contributed by atoms with E-state index in [2.05, 4.69) is 6.92 Å². The minimum absolute atomic E-state index is 0.208. The molecule has 2 aromatic carbocycles. The third-order valence-electron chi connectivity index (χ3n) is 8.18. The molecule has 2 aliphatic carbocycles. The molecule has 0 amide bonds. The van der Waals surface area contributed by atoms with E-state index in [1.807, 2.05) is 24.3 Å². The van der Waals surface area contributed by atoms with E-state index in [0.29, 0.717) is 23.8 Å². The van der Waals surface area contributed by atoms with Crippen LogP contribution in [0.4, 0.5) is 8.78 Å². The van der Waals surface area contributed by atoms with Crippen LogP contribution in [0.5, 0.6) is 0 Å². The van der Waals surface area contributed by atoms with Crippen molar-refractivity contribution in [2.75, 3.05) is 0 Å². The van der Waals surface area contributed by atoms with Gasteiger partial charge in [-0.15, -0.1) is 0 Å². The zero-order chi connectivity index (χ0) is 22.5. The molecule has 0 nitrogen and oxygen atoms in total. The molecule has 0 N–H and O–H groups in total. The van der Waals surface area contributed by atoms with Gasteiger partial charge in [-0.2, -0.15) is 0 Å². The molecule has 3 heteroatoms. The highest BCUT2D eigenvalue weighted by molar-refractivity contribution is 6.30. The summed E-state index contributed by atoms with van der Waals surface area (Å²) < 4.78 is 29.6. The van der Waals surface area contributed by atoms with Crippen molar-refractivity contribution in [2.45, 2.75) is 89.9 Å². The van der Waals surface area contributed by atoms with E-state index >= 15 is 0 Å². The van der Waals surface area contributed by atoms with Crippen LogP contribution in [0.2, 0.25) is 5.02 Å². The number of halogens is 3. The molecule has 0 unspecified atom stereocenters. The van der Waals surface area contributed by atoms with Gasteiger partial charge in [0.2, 0.25) is 0 Å². The van der Waals surface area contributed by atoms with E-state index in [9.17, 15) is 8.78 Å². The Hall–Kier alpha value is -1.41. The number of rotatable bonds is 7. The van der Waals surface area contributed by atoms with Gasteiger partial charge in [-0.05, 0) is 97.6 Å². The highest BCUT2D eigenvalue weighted by Crippen LogP contribution is 2.40. The summed E-state index contributed by atoms with van der Waals surface area (Å²) in [5.41, 5.74) is 2.10. The predicted molar refractivity (Wildman–Crippen MR) is 130 cm³/mol. The summed E-state index contributed by atoms with van der Waals surface area (Å²) in [6.45, 7) is 2.38. The molecule has 2 saturated carbocycles. The molecule has 0 radical (unpaired) electrons. The van der Waals surface area contributed by atoms with Crippen LogP contribution in [-0.4, -0.2) is 0 Å². The van der Waals surface area contributed by atoms with E-state index in [-0.39, 0.29) is 17.2 Å². The van der Waals surface area contributed by atoms with Gasteiger partial charge in [0.25, 0.3) is 0 Å². The Morgan fingerprint density at radius 1 is 0.750 bits per heavy atom. The van der Waals surface area contributed by atoms with Gasteiger partial charge < -0.3 is 0 Å². The minimum Gasteiger partial charge on any atom is -0.207 e. The van der Waals surface area contributed by atoms with Gasteiger partial charge in [-0.25, -0.2) is 8.78 Å². The van der Waals surface area contributed by atoms with Crippen LogP contribution in [-0.2, 0) is 12.8 Å². The van der Waals surface area contributed by atoms with Gasteiger partial charge in [0.05, 0.1) is 0 Å². The van der Waals surface area contributed by atoms with Gasteiger partial charge in [0.1, 0.15) is 11.6 Å². The fourth-order valence-corrected chi connectivity index (χ4v) is 6.02. The molecule has 0 spiro atoms. The van der Waals surface area contributed by atoms with Crippen molar-refractivity contribution < 1.29 is 8.78 Å². The fraction of sp³-hybridized carbons (Fsp3) is 0.586. The van der Waals surface area contributed by atoms with Crippen molar-refractivity contribution in [3.05, 3.63) is 69.7 Å². The van der Waals surface area contributed by atoms with Crippen molar-refractivity contribution in [3.8, 4) is 0 Å². The lowest BCUT2D eigenvalue weighted by Gasteiger charge is -2.31. The van der Waals surface area contributed by atoms with Crippen molar-refractivity contribution in [1.29, 1.82) is 0 Å². The number of hydrogen-bond acceptors (Lipinski definition) is 0. The highest BCUT2D eigenvalue weighted by Gasteiger charge is 2.26. The molecular weight excluding hydrogens is 422 g/mol. The van der Waals surface area contributed by atoms with Gasteiger partial charge in [-0.1, -0.05) is 69.2 Å². The van der Waals surface area contributed by atoms with Crippen molar-refractivity contribution >= 4 is 11.6 Å². The average Bonchev–Trinajstić information content (AvgIpc) is 2.79. The molecule has 0 aromatic heterocycles. The smallest absolute Gasteiger partial charge is 0.129 e. The molecule has 32 heavy (non-hydrogen) atoms. The second-order valence-electron chi connectivity index (χ2n) is 10.5. The molecule has 0 heterocycles. The Morgan fingerprint density at radius 3 is 1.84 bits per heavy atom. The first-order chi connectivity index (χ1) is 15.5. The van der Waals surface area contributed by atoms with Crippen LogP contribution in [0.25, 0.3) is 0 Å². The molecule has 2 aromatic rings. The first-order valence-electron chi connectivity index (χ1n) is 12.7. The summed E-state index contributed by atoms with van der Waals surface area (Å²) >= 11 is 5.92. The third kappa shape index (κ3) is 6.34. The van der Waals surface area contributed by atoms with E-state index in [4.69, 9.17) is 11.6 Å². The molecule has 0 aliphatic heterocycles. The number of benzene rings is 2. The lowest BCUT2D eigenvalue weighted by molar-refractivity contribution is 0.237. The standard InChI is InChI=1S/C29H37ClF2/c1-20-2-4-21(5-3-20)6-7-22-8-13-24(14-9-22)25-18-28(31)27(29(32)19-25)17-12-23-10-15-26(30)16-11-23/h10-11,15-16,18-22,24H,2-9,12-14,17H2,1H3. The Bertz CT molecular complexity index is 836. The summed E-state index contributed by atoms with van der Waals surface area (Å²) in [5, 5.41) is 0.675. The normalized spacial score (nSPS) is 26.2. The van der Waals surface area contributed by atoms with Crippen LogP contribution in [0, 0.1) is 29.4 Å². The molecule has 0 saturated heterocycles. The number of aryl methyl sites for hydroxylation is 1. The Balaban J connectivity index is 1.27. The lowest BCUT2D eigenvalue weighted by Crippen LogP contribution is -2.17. The van der Waals surface area contributed by atoms with Gasteiger partial charge in [0, 0.05) is 10.6 Å². The first-order valence-corrected chi connectivity index (χ1v) is 13.1. The van der Waals surface area contributed by atoms with Gasteiger partial charge in [-0.3, -0.25) is 0 Å². The monoisotopic (exact) mass is 458 g/mol. The zero-order valence-electron chi connectivity index (χ0n) is 19.4. The van der Waals surface area contributed by atoms with Crippen molar-refractivity contribution in [3.63, 3.8) is 0 Å². The van der Waals surface area contributed by atoms with Crippen molar-refractivity contribution in [2.24, 2.45) is 17.8 Å². The second kappa shape index (κ2) is 11.1. The number of hydrogen-bond donors (Lipinski definition) is 0. The van der Waals surface area contributed by atoms with Crippen LogP contribution >= 0.6 is 11.6 Å². The molecule has 0 atom stereocenters. The molecule has 2 aliphatic rings.